The zero-order chi connectivity index (χ0) is 19.5. The van der Waals surface area contributed by atoms with Gasteiger partial charge in [0.15, 0.2) is 0 Å². The SMILES string of the molecule is CC1=CCC(c2ccc(N(C)C)cc2P(c2ccccc2)c2ccccc2)=C1. The lowest BCUT2D eigenvalue weighted by atomic mass is 10.0. The van der Waals surface area contributed by atoms with E-state index >= 15 is 0 Å². The zero-order valence-electron chi connectivity index (χ0n) is 16.8. The van der Waals surface area contributed by atoms with E-state index in [-0.39, 0.29) is 0 Å². The Morgan fingerprint density at radius 3 is 1.89 bits per heavy atom. The van der Waals surface area contributed by atoms with Crippen molar-refractivity contribution in [1.82, 2.24) is 0 Å². The molecule has 0 bridgehead atoms. The summed E-state index contributed by atoms with van der Waals surface area (Å²) in [6.45, 7) is 2.19. The van der Waals surface area contributed by atoms with Gasteiger partial charge in [-0.3, -0.25) is 0 Å². The Bertz CT molecular complexity index is 977. The molecule has 0 saturated carbocycles. The van der Waals surface area contributed by atoms with Gasteiger partial charge in [0.2, 0.25) is 0 Å². The topological polar surface area (TPSA) is 3.24 Å². The Balaban J connectivity index is 1.94. The van der Waals surface area contributed by atoms with E-state index < -0.39 is 7.92 Å². The van der Waals surface area contributed by atoms with Crippen LogP contribution in [0.1, 0.15) is 18.9 Å². The molecule has 0 heterocycles. The smallest absolute Gasteiger partial charge is 0.0368 e. The normalized spacial score (nSPS) is 13.4. The van der Waals surface area contributed by atoms with Gasteiger partial charge in [0.25, 0.3) is 0 Å². The van der Waals surface area contributed by atoms with E-state index in [1.807, 2.05) is 0 Å². The zero-order valence-corrected chi connectivity index (χ0v) is 17.7. The fraction of sp³-hybridized carbons (Fsp3) is 0.154. The predicted octanol–water partition coefficient (Wildman–Crippen LogP) is 5.24. The molecule has 0 unspecified atom stereocenters. The minimum atomic E-state index is -0.629. The van der Waals surface area contributed by atoms with Crippen LogP contribution in [0.2, 0.25) is 0 Å². The second-order valence-electron chi connectivity index (χ2n) is 7.42. The van der Waals surface area contributed by atoms with Crippen molar-refractivity contribution in [3.63, 3.8) is 0 Å². The molecule has 0 aromatic heterocycles. The van der Waals surface area contributed by atoms with Gasteiger partial charge in [-0.25, -0.2) is 0 Å². The van der Waals surface area contributed by atoms with Crippen LogP contribution in [0.5, 0.6) is 0 Å². The molecular weight excluding hydrogens is 357 g/mol. The van der Waals surface area contributed by atoms with E-state index in [0.717, 1.165) is 6.42 Å². The van der Waals surface area contributed by atoms with Crippen molar-refractivity contribution in [3.8, 4) is 0 Å². The van der Waals surface area contributed by atoms with Crippen LogP contribution in [-0.4, -0.2) is 14.1 Å². The molecule has 1 aliphatic carbocycles. The molecule has 4 rings (SSSR count). The molecule has 0 radical (unpaired) electrons. The molecule has 0 amide bonds. The minimum Gasteiger partial charge on any atom is -0.378 e. The highest BCUT2D eigenvalue weighted by molar-refractivity contribution is 7.80. The first-order valence-corrected chi connectivity index (χ1v) is 11.1. The van der Waals surface area contributed by atoms with Crippen molar-refractivity contribution in [2.24, 2.45) is 0 Å². The molecular formula is C26H26NP. The molecule has 0 atom stereocenters. The number of anilines is 1. The molecule has 1 aliphatic rings. The summed E-state index contributed by atoms with van der Waals surface area (Å²) in [7, 11) is 3.61. The van der Waals surface area contributed by atoms with Crippen LogP contribution in [0.25, 0.3) is 5.57 Å². The fourth-order valence-corrected chi connectivity index (χ4v) is 6.20. The Hall–Kier alpha value is -2.63. The molecule has 0 spiro atoms. The summed E-state index contributed by atoms with van der Waals surface area (Å²) in [5, 5.41) is 4.22. The maximum atomic E-state index is 2.40. The fourth-order valence-electron chi connectivity index (χ4n) is 3.69. The molecule has 140 valence electrons. The van der Waals surface area contributed by atoms with Gasteiger partial charge in [-0.15, -0.1) is 0 Å². The Morgan fingerprint density at radius 1 is 0.786 bits per heavy atom. The molecule has 3 aromatic rings. The van der Waals surface area contributed by atoms with Crippen LogP contribution in [0.15, 0.2) is 96.6 Å². The maximum absolute atomic E-state index is 2.40. The van der Waals surface area contributed by atoms with Gasteiger partial charge < -0.3 is 4.90 Å². The van der Waals surface area contributed by atoms with Crippen molar-refractivity contribution in [1.29, 1.82) is 0 Å². The van der Waals surface area contributed by atoms with Gasteiger partial charge in [-0.2, -0.15) is 0 Å². The Morgan fingerprint density at radius 2 is 1.39 bits per heavy atom. The molecule has 1 nitrogen and oxygen atoms in total. The van der Waals surface area contributed by atoms with Crippen LogP contribution >= 0.6 is 7.92 Å². The highest BCUT2D eigenvalue weighted by atomic mass is 31.1. The van der Waals surface area contributed by atoms with E-state index in [2.05, 4.69) is 117 Å². The molecule has 0 saturated heterocycles. The van der Waals surface area contributed by atoms with Crippen LogP contribution in [0.4, 0.5) is 5.69 Å². The molecule has 0 fully saturated rings. The third-order valence-electron chi connectivity index (χ3n) is 5.16. The summed E-state index contributed by atoms with van der Waals surface area (Å²) in [5.74, 6) is 0. The van der Waals surface area contributed by atoms with Crippen LogP contribution in [0.3, 0.4) is 0 Å². The van der Waals surface area contributed by atoms with Crippen molar-refractivity contribution in [3.05, 3.63) is 102 Å². The van der Waals surface area contributed by atoms with E-state index in [1.165, 1.54) is 38.3 Å². The molecule has 28 heavy (non-hydrogen) atoms. The molecule has 0 aliphatic heterocycles. The third-order valence-corrected chi connectivity index (χ3v) is 7.64. The first-order valence-electron chi connectivity index (χ1n) is 9.73. The monoisotopic (exact) mass is 383 g/mol. The lowest BCUT2D eigenvalue weighted by Gasteiger charge is -2.25. The van der Waals surface area contributed by atoms with E-state index in [1.54, 1.807) is 0 Å². The predicted molar refractivity (Wildman–Crippen MR) is 126 cm³/mol. The molecule has 0 N–H and O–H groups in total. The van der Waals surface area contributed by atoms with Crippen LogP contribution in [0, 0.1) is 0 Å². The number of rotatable bonds is 5. The average Bonchev–Trinajstić information content (AvgIpc) is 3.16. The number of benzene rings is 3. The summed E-state index contributed by atoms with van der Waals surface area (Å²) in [4.78, 5) is 2.20. The maximum Gasteiger partial charge on any atom is 0.0368 e. The second-order valence-corrected chi connectivity index (χ2v) is 9.61. The minimum absolute atomic E-state index is 0.629. The molecule has 2 heteroatoms. The highest BCUT2D eigenvalue weighted by Gasteiger charge is 2.22. The lowest BCUT2D eigenvalue weighted by Crippen LogP contribution is -2.24. The first kappa shape index (κ1) is 18.7. The van der Waals surface area contributed by atoms with Crippen molar-refractivity contribution in [2.45, 2.75) is 13.3 Å². The molecule has 3 aromatic carbocycles. The van der Waals surface area contributed by atoms with Crippen LogP contribution in [-0.2, 0) is 0 Å². The third kappa shape index (κ3) is 3.81. The first-order chi connectivity index (χ1) is 13.6. The second kappa shape index (κ2) is 8.17. The Labute approximate surface area is 169 Å². The van der Waals surface area contributed by atoms with E-state index in [4.69, 9.17) is 0 Å². The highest BCUT2D eigenvalue weighted by Crippen LogP contribution is 2.39. The summed E-state index contributed by atoms with van der Waals surface area (Å²) >= 11 is 0. The van der Waals surface area contributed by atoms with Gasteiger partial charge in [0.1, 0.15) is 0 Å². The van der Waals surface area contributed by atoms with Gasteiger partial charge in [0, 0.05) is 19.8 Å². The van der Waals surface area contributed by atoms with Gasteiger partial charge >= 0.3 is 0 Å². The van der Waals surface area contributed by atoms with E-state index in [0.29, 0.717) is 0 Å². The van der Waals surface area contributed by atoms with Crippen LogP contribution < -0.4 is 20.8 Å². The van der Waals surface area contributed by atoms with E-state index in [9.17, 15) is 0 Å². The number of hydrogen-bond acceptors (Lipinski definition) is 1. The van der Waals surface area contributed by atoms with Crippen molar-refractivity contribution >= 4 is 35.1 Å². The quantitative estimate of drug-likeness (QED) is 0.544. The van der Waals surface area contributed by atoms with Gasteiger partial charge in [0.05, 0.1) is 0 Å². The Kier molecular flexibility index (Phi) is 5.46. The number of hydrogen-bond donors (Lipinski definition) is 0. The van der Waals surface area contributed by atoms with Crippen molar-refractivity contribution < 1.29 is 0 Å². The number of allylic oxidation sites excluding steroid dienone is 4. The van der Waals surface area contributed by atoms with Crippen molar-refractivity contribution in [2.75, 3.05) is 19.0 Å². The summed E-state index contributed by atoms with van der Waals surface area (Å²) < 4.78 is 0. The summed E-state index contributed by atoms with van der Waals surface area (Å²) in [6.07, 6.45) is 5.69. The van der Waals surface area contributed by atoms with Gasteiger partial charge in [-0.05, 0) is 60.4 Å². The standard InChI is InChI=1S/C26H26NP/c1-20-14-15-21(18-20)25-17-16-22(27(2)3)19-26(25)28(23-10-6-4-7-11-23)24-12-8-5-9-13-24/h4-14,16-19H,15H2,1-3H3. The summed E-state index contributed by atoms with van der Waals surface area (Å²) in [5.41, 5.74) is 5.43. The average molecular weight is 383 g/mol. The van der Waals surface area contributed by atoms with Gasteiger partial charge in [-0.1, -0.05) is 84.5 Å². The largest absolute Gasteiger partial charge is 0.378 e. The summed E-state index contributed by atoms with van der Waals surface area (Å²) in [6, 6.07) is 28.9. The lowest BCUT2D eigenvalue weighted by molar-refractivity contribution is 1.13. The number of nitrogens with zero attached hydrogens (tertiary/aromatic N) is 1.